The predicted molar refractivity (Wildman–Crippen MR) is 50.0 cm³/mol. The number of nitrogens with zero attached hydrogens (tertiary/aromatic N) is 4. The van der Waals surface area contributed by atoms with Gasteiger partial charge in [-0.05, 0) is 0 Å². The third kappa shape index (κ3) is 2.65. The van der Waals surface area contributed by atoms with Crippen LogP contribution in [0.2, 0.25) is 0 Å². The summed E-state index contributed by atoms with van der Waals surface area (Å²) in [4.78, 5) is 34.5. The van der Waals surface area contributed by atoms with Crippen molar-refractivity contribution in [1.29, 1.82) is 0 Å². The lowest BCUT2D eigenvalue weighted by Crippen LogP contribution is -2.57. The van der Waals surface area contributed by atoms with Crippen molar-refractivity contribution >= 4 is 23.2 Å². The molecule has 0 N–H and O–H groups in total. The average molecular weight is 293 g/mol. The van der Waals surface area contributed by atoms with Gasteiger partial charge in [0.1, 0.15) is 9.85 Å². The van der Waals surface area contributed by atoms with Crippen LogP contribution in [0.15, 0.2) is 0 Å². The summed E-state index contributed by atoms with van der Waals surface area (Å²) in [7, 11) is 0. The van der Waals surface area contributed by atoms with Gasteiger partial charge in [0.05, 0.1) is 21.4 Å². The van der Waals surface area contributed by atoms with E-state index in [9.17, 15) is 40.5 Å². The lowest BCUT2D eigenvalue weighted by Gasteiger charge is -2.13. The molecule has 96 valence electrons. The molecule has 0 spiro atoms. The number of nitro groups is 4. The molecule has 0 saturated heterocycles. The van der Waals surface area contributed by atoms with Crippen LogP contribution in [0.4, 0.5) is 0 Å². The molecule has 0 amide bonds. The Morgan fingerprint density at radius 3 is 1.35 bits per heavy atom. The molecule has 0 bridgehead atoms. The van der Waals surface area contributed by atoms with Crippen LogP contribution < -0.4 is 0 Å². The molecule has 0 aliphatic rings. The van der Waals surface area contributed by atoms with E-state index in [4.69, 9.17) is 23.2 Å². The first kappa shape index (κ1) is 15.2. The number of hydrogen-bond donors (Lipinski definition) is 0. The Bertz CT molecular complexity index is 357. The smallest absolute Gasteiger partial charge is 0.258 e. The number of alkyl halides is 2. The summed E-state index contributed by atoms with van der Waals surface area (Å²) in [5, 5.41) is 34.7. The van der Waals surface area contributed by atoms with Crippen molar-refractivity contribution in [3.05, 3.63) is 40.5 Å². The monoisotopic (exact) mass is 292 g/mol. The normalized spacial score (nSPS) is 13.1. The lowest BCUT2D eigenvalue weighted by molar-refractivity contribution is -0.799. The maximum absolute atomic E-state index is 10.4. The van der Waals surface area contributed by atoms with Crippen LogP contribution in [0, 0.1) is 40.5 Å². The minimum absolute atomic E-state index is 1.61. The second-order valence-electron chi connectivity index (χ2n) is 2.54. The molecular weight excluding hydrogens is 291 g/mol. The largest absolute Gasteiger partial charge is 0.567 e. The second kappa shape index (κ2) is 5.01. The van der Waals surface area contributed by atoms with Crippen molar-refractivity contribution in [3.63, 3.8) is 0 Å². The van der Waals surface area contributed by atoms with Crippen LogP contribution in [0.1, 0.15) is 0 Å². The van der Waals surface area contributed by atoms with Crippen molar-refractivity contribution in [2.24, 2.45) is 0 Å². The van der Waals surface area contributed by atoms with Crippen LogP contribution in [-0.4, -0.2) is 36.4 Å². The zero-order valence-electron chi connectivity index (χ0n) is 7.47. The van der Waals surface area contributed by atoms with Gasteiger partial charge in [0.15, 0.2) is 0 Å². The van der Waals surface area contributed by atoms with Gasteiger partial charge in [-0.2, -0.15) is 0 Å². The molecule has 1 unspecified atom stereocenters. The summed E-state index contributed by atoms with van der Waals surface area (Å²) < 4.78 is 0. The Morgan fingerprint density at radius 1 is 0.882 bits per heavy atom. The zero-order valence-corrected chi connectivity index (χ0v) is 8.98. The maximum Gasteiger partial charge on any atom is 0.567 e. The van der Waals surface area contributed by atoms with Crippen molar-refractivity contribution < 1.29 is 19.7 Å². The van der Waals surface area contributed by atoms with Gasteiger partial charge >= 0.3 is 16.7 Å². The van der Waals surface area contributed by atoms with Crippen LogP contribution in [0.3, 0.4) is 0 Å². The quantitative estimate of drug-likeness (QED) is 0.215. The molecule has 0 fully saturated rings. The number of hydrogen-bond acceptors (Lipinski definition) is 8. The van der Waals surface area contributed by atoms with Crippen LogP contribution >= 0.6 is 23.2 Å². The molecule has 0 rings (SSSR count). The van der Waals surface area contributed by atoms with Gasteiger partial charge in [-0.25, -0.2) is 0 Å². The molecule has 0 radical (unpaired) electrons. The summed E-state index contributed by atoms with van der Waals surface area (Å²) >= 11 is 9.94. The zero-order chi connectivity index (χ0) is 14.0. The number of halogens is 2. The second-order valence-corrected chi connectivity index (χ2v) is 3.56. The minimum atomic E-state index is -3.76. The molecule has 17 heavy (non-hydrogen) atoms. The third-order valence-electron chi connectivity index (χ3n) is 1.56. The van der Waals surface area contributed by atoms with E-state index in [1.807, 2.05) is 0 Å². The SMILES string of the molecule is O=[N+]([O-])C(C(Cl)C(Cl)([N+](=O)[O-])[N+](=O)[O-])[N+](=O)[O-]. The van der Waals surface area contributed by atoms with Crippen LogP contribution in [0.25, 0.3) is 0 Å². The topological polar surface area (TPSA) is 173 Å². The molecule has 0 aromatic carbocycles. The average Bonchev–Trinajstić information content (AvgIpc) is 2.14. The Kier molecular flexibility index (Phi) is 4.47. The van der Waals surface area contributed by atoms with E-state index >= 15 is 0 Å². The first-order valence-electron chi connectivity index (χ1n) is 3.45. The molecule has 1 atom stereocenters. The highest BCUT2D eigenvalue weighted by atomic mass is 35.5. The molecule has 0 aliphatic carbocycles. The molecule has 0 aromatic rings. The van der Waals surface area contributed by atoms with E-state index < -0.39 is 36.4 Å². The van der Waals surface area contributed by atoms with Crippen LogP contribution in [-0.2, 0) is 0 Å². The summed E-state index contributed by atoms with van der Waals surface area (Å²) in [6, 6.07) is 0. The Balaban J connectivity index is 5.57. The van der Waals surface area contributed by atoms with E-state index in [-0.39, 0.29) is 0 Å². The van der Waals surface area contributed by atoms with Crippen molar-refractivity contribution in [3.8, 4) is 0 Å². The molecular formula is C3H2Cl2N4O8. The third-order valence-corrected chi connectivity index (χ3v) is 2.71. The highest BCUT2D eigenvalue weighted by Crippen LogP contribution is 2.29. The molecule has 14 heteroatoms. The van der Waals surface area contributed by atoms with Gasteiger partial charge < -0.3 is 0 Å². The summed E-state index contributed by atoms with van der Waals surface area (Å²) in [6.07, 6.45) is -2.98. The van der Waals surface area contributed by atoms with Crippen molar-refractivity contribution in [2.75, 3.05) is 0 Å². The van der Waals surface area contributed by atoms with E-state index in [1.165, 1.54) is 0 Å². The van der Waals surface area contributed by atoms with Gasteiger partial charge in [0, 0.05) is 0 Å². The highest BCUT2D eigenvalue weighted by molar-refractivity contribution is 6.30. The molecule has 12 nitrogen and oxygen atoms in total. The maximum atomic E-state index is 10.4. The standard InChI is InChI=1S/C3H2Cl2N4O8/c4-1(2(6(10)11)7(12)13)3(5,8(14)15)9(16)17/h1-2H. The summed E-state index contributed by atoms with van der Waals surface area (Å²) in [6.45, 7) is 0. The first-order valence-corrected chi connectivity index (χ1v) is 4.27. The molecule has 0 aliphatic heterocycles. The molecule has 0 saturated carbocycles. The van der Waals surface area contributed by atoms with Crippen molar-refractivity contribution in [1.82, 2.24) is 0 Å². The fourth-order valence-electron chi connectivity index (χ4n) is 0.748. The fraction of sp³-hybridized carbons (Fsp3) is 1.00. The lowest BCUT2D eigenvalue weighted by atomic mass is 10.3. The molecule has 0 aromatic heterocycles. The predicted octanol–water partition coefficient (Wildman–Crippen LogP) is -0.0807. The Labute approximate surface area is 101 Å². The van der Waals surface area contributed by atoms with Crippen LogP contribution in [0.5, 0.6) is 0 Å². The van der Waals surface area contributed by atoms with Gasteiger partial charge in [-0.3, -0.25) is 40.5 Å². The van der Waals surface area contributed by atoms with Gasteiger partial charge in [-0.1, -0.05) is 11.6 Å². The minimum Gasteiger partial charge on any atom is -0.258 e. The Hall–Kier alpha value is -1.82. The highest BCUT2D eigenvalue weighted by Gasteiger charge is 2.72. The van der Waals surface area contributed by atoms with Gasteiger partial charge in [0.2, 0.25) is 0 Å². The summed E-state index contributed by atoms with van der Waals surface area (Å²) in [5.74, 6) is 0. The van der Waals surface area contributed by atoms with Crippen molar-refractivity contribution in [2.45, 2.75) is 16.7 Å². The number of rotatable bonds is 6. The Morgan fingerprint density at radius 2 is 1.18 bits per heavy atom. The van der Waals surface area contributed by atoms with E-state index in [0.29, 0.717) is 0 Å². The van der Waals surface area contributed by atoms with E-state index in [0.717, 1.165) is 0 Å². The van der Waals surface area contributed by atoms with E-state index in [2.05, 4.69) is 0 Å². The summed E-state index contributed by atoms with van der Waals surface area (Å²) in [5.41, 5.74) is 0. The van der Waals surface area contributed by atoms with E-state index in [1.54, 1.807) is 0 Å². The van der Waals surface area contributed by atoms with Gasteiger partial charge in [0.25, 0.3) is 0 Å². The fourth-order valence-corrected chi connectivity index (χ4v) is 1.20. The first-order chi connectivity index (χ1) is 7.56. The molecule has 0 heterocycles. The van der Waals surface area contributed by atoms with Gasteiger partial charge in [-0.15, -0.1) is 0 Å².